The van der Waals surface area contributed by atoms with Gasteiger partial charge in [-0.2, -0.15) is 0 Å². The van der Waals surface area contributed by atoms with Gasteiger partial charge in [0.2, 0.25) is 0 Å². The third-order valence-corrected chi connectivity index (χ3v) is 5.18. The van der Waals surface area contributed by atoms with Gasteiger partial charge in [-0.1, -0.05) is 39.0 Å². The Labute approximate surface area is 159 Å². The zero-order valence-corrected chi connectivity index (χ0v) is 16.5. The number of hydrogen-bond acceptors (Lipinski definition) is 3. The predicted molar refractivity (Wildman–Crippen MR) is 110 cm³/mol. The standard InChI is InChI=1S/C23H34N2O/c1-4-9-23-19(12-8-14-25-23)10-7-11-20-17-26-15-13-21(20)22(16-24)18(5-2)6-3/h5,8,12,14H,2,4,6-7,9-11,13,15-17,24H2,1,3H3/b22-18-. The second kappa shape index (κ2) is 11.1. The number of aryl methyl sites for hydroxylation is 2. The fourth-order valence-corrected chi connectivity index (χ4v) is 3.80. The van der Waals surface area contributed by atoms with Gasteiger partial charge in [-0.15, -0.1) is 0 Å². The van der Waals surface area contributed by atoms with Crippen molar-refractivity contribution < 1.29 is 4.74 Å². The van der Waals surface area contributed by atoms with E-state index in [2.05, 4.69) is 37.5 Å². The van der Waals surface area contributed by atoms with Crippen molar-refractivity contribution in [2.75, 3.05) is 19.8 Å². The largest absolute Gasteiger partial charge is 0.377 e. The number of nitrogens with two attached hydrogens (primary N) is 1. The first-order valence-corrected chi connectivity index (χ1v) is 10.0. The molecule has 26 heavy (non-hydrogen) atoms. The molecular formula is C23H34N2O. The average Bonchev–Trinajstić information content (AvgIpc) is 2.68. The van der Waals surface area contributed by atoms with Crippen LogP contribution in [-0.2, 0) is 17.6 Å². The van der Waals surface area contributed by atoms with Gasteiger partial charge in [0.25, 0.3) is 0 Å². The molecule has 0 aliphatic carbocycles. The molecule has 0 spiro atoms. The van der Waals surface area contributed by atoms with Crippen molar-refractivity contribution >= 4 is 0 Å². The minimum Gasteiger partial charge on any atom is -0.377 e. The van der Waals surface area contributed by atoms with Crippen molar-refractivity contribution in [3.05, 3.63) is 64.5 Å². The highest BCUT2D eigenvalue weighted by molar-refractivity contribution is 5.44. The van der Waals surface area contributed by atoms with Crippen molar-refractivity contribution in [3.63, 3.8) is 0 Å². The van der Waals surface area contributed by atoms with Crippen molar-refractivity contribution in [1.82, 2.24) is 4.98 Å². The highest BCUT2D eigenvalue weighted by Crippen LogP contribution is 2.29. The van der Waals surface area contributed by atoms with Crippen LogP contribution in [0.15, 0.2) is 53.3 Å². The molecule has 0 unspecified atom stereocenters. The summed E-state index contributed by atoms with van der Waals surface area (Å²) in [6.45, 7) is 10.5. The second-order valence-corrected chi connectivity index (χ2v) is 6.86. The lowest BCUT2D eigenvalue weighted by molar-refractivity contribution is 0.144. The summed E-state index contributed by atoms with van der Waals surface area (Å²) in [6, 6.07) is 4.28. The van der Waals surface area contributed by atoms with Crippen LogP contribution in [0.1, 0.15) is 57.2 Å². The Morgan fingerprint density at radius 2 is 2.15 bits per heavy atom. The first-order chi connectivity index (χ1) is 12.7. The maximum atomic E-state index is 6.10. The Morgan fingerprint density at radius 1 is 1.31 bits per heavy atom. The summed E-state index contributed by atoms with van der Waals surface area (Å²) >= 11 is 0. The molecule has 1 aromatic rings. The molecule has 1 aliphatic rings. The van der Waals surface area contributed by atoms with Crippen molar-refractivity contribution in [1.29, 1.82) is 0 Å². The predicted octanol–water partition coefficient (Wildman–Crippen LogP) is 4.93. The zero-order chi connectivity index (χ0) is 18.8. The fourth-order valence-electron chi connectivity index (χ4n) is 3.80. The molecule has 3 nitrogen and oxygen atoms in total. The fraction of sp³-hybridized carbons (Fsp3) is 0.522. The molecule has 0 aromatic carbocycles. The monoisotopic (exact) mass is 354 g/mol. The molecule has 2 heterocycles. The summed E-state index contributed by atoms with van der Waals surface area (Å²) in [5.74, 6) is 0. The third kappa shape index (κ3) is 5.39. The lowest BCUT2D eigenvalue weighted by Crippen LogP contribution is -2.18. The Morgan fingerprint density at radius 3 is 2.85 bits per heavy atom. The number of ether oxygens (including phenoxy) is 1. The zero-order valence-electron chi connectivity index (χ0n) is 16.5. The van der Waals surface area contributed by atoms with E-state index in [4.69, 9.17) is 10.5 Å². The van der Waals surface area contributed by atoms with Crippen LogP contribution in [-0.4, -0.2) is 24.7 Å². The van der Waals surface area contributed by atoms with Crippen molar-refractivity contribution in [2.45, 2.75) is 58.8 Å². The summed E-state index contributed by atoms with van der Waals surface area (Å²) in [6.07, 6.45) is 11.3. The van der Waals surface area contributed by atoms with E-state index >= 15 is 0 Å². The highest BCUT2D eigenvalue weighted by atomic mass is 16.5. The van der Waals surface area contributed by atoms with Gasteiger partial charge in [0.05, 0.1) is 13.2 Å². The number of aromatic nitrogens is 1. The van der Waals surface area contributed by atoms with E-state index in [1.54, 1.807) is 0 Å². The van der Waals surface area contributed by atoms with Crippen LogP contribution in [0.25, 0.3) is 0 Å². The number of allylic oxidation sites excluding steroid dienone is 2. The number of hydrogen-bond donors (Lipinski definition) is 1. The van der Waals surface area contributed by atoms with E-state index in [1.165, 1.54) is 33.5 Å². The van der Waals surface area contributed by atoms with Crippen LogP contribution < -0.4 is 5.73 Å². The first-order valence-electron chi connectivity index (χ1n) is 10.0. The average molecular weight is 355 g/mol. The third-order valence-electron chi connectivity index (χ3n) is 5.18. The molecule has 0 bridgehead atoms. The van der Waals surface area contributed by atoms with Crippen LogP contribution in [0.3, 0.4) is 0 Å². The van der Waals surface area contributed by atoms with E-state index in [1.807, 2.05) is 12.3 Å². The van der Waals surface area contributed by atoms with Crippen molar-refractivity contribution in [3.8, 4) is 0 Å². The number of rotatable bonds is 10. The Hall–Kier alpha value is -1.71. The number of pyridine rings is 1. The molecule has 0 atom stereocenters. The Balaban J connectivity index is 2.14. The van der Waals surface area contributed by atoms with Crippen LogP contribution in [0, 0.1) is 0 Å². The summed E-state index contributed by atoms with van der Waals surface area (Å²) in [7, 11) is 0. The van der Waals surface area contributed by atoms with Crippen molar-refractivity contribution in [2.24, 2.45) is 5.73 Å². The summed E-state index contributed by atoms with van der Waals surface area (Å²) in [5.41, 5.74) is 14.2. The molecule has 1 aliphatic heterocycles. The molecule has 1 aromatic heterocycles. The van der Waals surface area contributed by atoms with E-state index in [9.17, 15) is 0 Å². The van der Waals surface area contributed by atoms with E-state index < -0.39 is 0 Å². The molecule has 3 heteroatoms. The molecule has 0 amide bonds. The van der Waals surface area contributed by atoms with E-state index in [-0.39, 0.29) is 0 Å². The van der Waals surface area contributed by atoms with Crippen LogP contribution >= 0.6 is 0 Å². The molecule has 0 saturated heterocycles. The van der Waals surface area contributed by atoms with Crippen LogP contribution in [0.5, 0.6) is 0 Å². The van der Waals surface area contributed by atoms with Gasteiger partial charge in [-0.05, 0) is 72.4 Å². The lowest BCUT2D eigenvalue weighted by atomic mass is 9.88. The quantitative estimate of drug-likeness (QED) is 0.606. The topological polar surface area (TPSA) is 48.1 Å². The van der Waals surface area contributed by atoms with E-state index in [0.29, 0.717) is 6.54 Å². The summed E-state index contributed by atoms with van der Waals surface area (Å²) < 4.78 is 5.76. The smallest absolute Gasteiger partial charge is 0.0682 e. The maximum absolute atomic E-state index is 6.10. The molecule has 0 saturated carbocycles. The second-order valence-electron chi connectivity index (χ2n) is 6.86. The van der Waals surface area contributed by atoms with Gasteiger partial charge in [0.15, 0.2) is 0 Å². The van der Waals surface area contributed by atoms with E-state index in [0.717, 1.165) is 58.2 Å². The van der Waals surface area contributed by atoms with Crippen LogP contribution in [0.4, 0.5) is 0 Å². The molecule has 142 valence electrons. The summed E-state index contributed by atoms with van der Waals surface area (Å²) in [4.78, 5) is 4.56. The highest BCUT2D eigenvalue weighted by Gasteiger charge is 2.17. The Bertz CT molecular complexity index is 658. The molecular weight excluding hydrogens is 320 g/mol. The van der Waals surface area contributed by atoms with Crippen LogP contribution in [0.2, 0.25) is 0 Å². The lowest BCUT2D eigenvalue weighted by Gasteiger charge is -2.24. The van der Waals surface area contributed by atoms with Gasteiger partial charge < -0.3 is 10.5 Å². The molecule has 2 rings (SSSR count). The van der Waals surface area contributed by atoms with Gasteiger partial charge in [0, 0.05) is 18.4 Å². The molecule has 0 radical (unpaired) electrons. The minimum absolute atomic E-state index is 0.581. The van der Waals surface area contributed by atoms with Gasteiger partial charge in [-0.25, -0.2) is 0 Å². The van der Waals surface area contributed by atoms with Gasteiger partial charge >= 0.3 is 0 Å². The van der Waals surface area contributed by atoms with Gasteiger partial charge in [0.1, 0.15) is 0 Å². The number of nitrogens with zero attached hydrogens (tertiary/aromatic N) is 1. The maximum Gasteiger partial charge on any atom is 0.0682 e. The SMILES string of the molecule is C=C/C(CC)=C(\CN)C1=C(CCCc2cccnc2CCC)COCC1. The first kappa shape index (κ1) is 20.6. The molecule has 0 fully saturated rings. The normalized spacial score (nSPS) is 15.8. The molecule has 2 N–H and O–H groups in total. The van der Waals surface area contributed by atoms with Gasteiger partial charge in [-0.3, -0.25) is 4.98 Å². The summed E-state index contributed by atoms with van der Waals surface area (Å²) in [5, 5.41) is 0. The minimum atomic E-state index is 0.581. The Kier molecular flexibility index (Phi) is 8.79.